The van der Waals surface area contributed by atoms with Crippen LogP contribution in [0.3, 0.4) is 0 Å². The Kier molecular flexibility index (Phi) is 4.44. The summed E-state index contributed by atoms with van der Waals surface area (Å²) in [6, 6.07) is 13.1. The molecule has 0 saturated carbocycles. The molecule has 0 aliphatic carbocycles. The van der Waals surface area contributed by atoms with Crippen molar-refractivity contribution in [1.82, 2.24) is 20.2 Å². The molecule has 0 unspecified atom stereocenters. The molecule has 0 saturated heterocycles. The molecule has 3 heterocycles. The van der Waals surface area contributed by atoms with Crippen molar-refractivity contribution in [3.05, 3.63) is 66.2 Å². The minimum Gasteiger partial charge on any atom is -0.352 e. The van der Waals surface area contributed by atoms with Crippen molar-refractivity contribution in [2.75, 3.05) is 10.0 Å². The molecule has 0 spiro atoms. The Morgan fingerprint density at radius 3 is 2.54 bits per heavy atom. The quantitative estimate of drug-likeness (QED) is 0.477. The van der Waals surface area contributed by atoms with Crippen molar-refractivity contribution in [2.45, 2.75) is 18.7 Å². The number of hydrogen-bond donors (Lipinski definition) is 3. The fourth-order valence-corrected chi connectivity index (χ4v) is 4.40. The Balaban J connectivity index is 1.56. The normalized spacial score (nSPS) is 11.5. The van der Waals surface area contributed by atoms with Crippen molar-refractivity contribution >= 4 is 38.1 Å². The highest BCUT2D eigenvalue weighted by atomic mass is 32.2. The first-order valence-corrected chi connectivity index (χ1v) is 10.0. The number of pyridine rings is 2. The van der Waals surface area contributed by atoms with Crippen LogP contribution in [0.15, 0.2) is 59.8 Å². The summed E-state index contributed by atoms with van der Waals surface area (Å²) in [5.74, 6) is 0.224. The third-order valence-electron chi connectivity index (χ3n) is 4.24. The molecule has 0 bridgehead atoms. The SMILES string of the molecule is Cc1n[nH]c(C)c1S(=O)(=O)Nc1ccc(Nc2cccc3cccnc23)cn1. The first kappa shape index (κ1) is 17.9. The summed E-state index contributed by atoms with van der Waals surface area (Å²) in [7, 11) is -3.77. The van der Waals surface area contributed by atoms with Gasteiger partial charge in [-0.15, -0.1) is 0 Å². The van der Waals surface area contributed by atoms with Crippen molar-refractivity contribution in [2.24, 2.45) is 0 Å². The highest BCUT2D eigenvalue weighted by Crippen LogP contribution is 2.25. The predicted molar refractivity (Wildman–Crippen MR) is 108 cm³/mol. The van der Waals surface area contributed by atoms with E-state index in [1.54, 1.807) is 38.4 Å². The van der Waals surface area contributed by atoms with Crippen molar-refractivity contribution in [3.8, 4) is 0 Å². The van der Waals surface area contributed by atoms with Crippen LogP contribution in [-0.4, -0.2) is 28.6 Å². The van der Waals surface area contributed by atoms with E-state index in [0.29, 0.717) is 11.4 Å². The lowest BCUT2D eigenvalue weighted by molar-refractivity contribution is 0.600. The van der Waals surface area contributed by atoms with Gasteiger partial charge in [0.25, 0.3) is 10.0 Å². The van der Waals surface area contributed by atoms with Gasteiger partial charge in [0.2, 0.25) is 0 Å². The van der Waals surface area contributed by atoms with Crippen molar-refractivity contribution in [3.63, 3.8) is 0 Å². The maximum absolute atomic E-state index is 12.6. The van der Waals surface area contributed by atoms with Gasteiger partial charge in [-0.25, -0.2) is 13.4 Å². The highest BCUT2D eigenvalue weighted by molar-refractivity contribution is 7.92. The second kappa shape index (κ2) is 6.93. The molecule has 0 aliphatic rings. The van der Waals surface area contributed by atoms with E-state index in [9.17, 15) is 8.42 Å². The zero-order valence-electron chi connectivity index (χ0n) is 15.3. The second-order valence-electron chi connectivity index (χ2n) is 6.31. The molecule has 28 heavy (non-hydrogen) atoms. The average Bonchev–Trinajstić information content (AvgIpc) is 3.02. The molecule has 142 valence electrons. The van der Waals surface area contributed by atoms with Gasteiger partial charge in [0.1, 0.15) is 10.7 Å². The van der Waals surface area contributed by atoms with Gasteiger partial charge in [0, 0.05) is 11.6 Å². The number of sulfonamides is 1. The molecule has 3 N–H and O–H groups in total. The highest BCUT2D eigenvalue weighted by Gasteiger charge is 2.22. The van der Waals surface area contributed by atoms with Crippen LogP contribution in [0.25, 0.3) is 10.9 Å². The topological polar surface area (TPSA) is 113 Å². The lowest BCUT2D eigenvalue weighted by atomic mass is 10.2. The maximum atomic E-state index is 12.6. The first-order chi connectivity index (χ1) is 13.4. The molecular formula is C19H18N6O2S. The Bertz CT molecular complexity index is 1220. The van der Waals surface area contributed by atoms with Gasteiger partial charge in [0.15, 0.2) is 0 Å². The monoisotopic (exact) mass is 394 g/mol. The van der Waals surface area contributed by atoms with Gasteiger partial charge < -0.3 is 5.32 Å². The number of benzene rings is 1. The van der Waals surface area contributed by atoms with Gasteiger partial charge >= 0.3 is 0 Å². The number of rotatable bonds is 5. The molecule has 3 aromatic heterocycles. The van der Waals surface area contributed by atoms with Gasteiger partial charge in [-0.1, -0.05) is 18.2 Å². The summed E-state index contributed by atoms with van der Waals surface area (Å²) in [5, 5.41) is 10.9. The Morgan fingerprint density at radius 1 is 1.00 bits per heavy atom. The number of aromatic amines is 1. The van der Waals surface area contributed by atoms with Gasteiger partial charge in [-0.3, -0.25) is 14.8 Å². The van der Waals surface area contributed by atoms with Crippen LogP contribution in [0.1, 0.15) is 11.4 Å². The zero-order valence-corrected chi connectivity index (χ0v) is 16.1. The Morgan fingerprint density at radius 2 is 1.82 bits per heavy atom. The van der Waals surface area contributed by atoms with Gasteiger partial charge in [0.05, 0.1) is 34.5 Å². The molecule has 8 nitrogen and oxygen atoms in total. The number of hydrogen-bond acceptors (Lipinski definition) is 6. The summed E-state index contributed by atoms with van der Waals surface area (Å²) in [4.78, 5) is 8.75. The average molecular weight is 394 g/mol. The number of nitrogens with one attached hydrogen (secondary N) is 3. The number of nitrogens with zero attached hydrogens (tertiary/aromatic N) is 3. The lowest BCUT2D eigenvalue weighted by Gasteiger charge is -2.10. The van der Waals surface area contributed by atoms with Crippen LogP contribution in [0.5, 0.6) is 0 Å². The van der Waals surface area contributed by atoms with Crippen LogP contribution in [-0.2, 0) is 10.0 Å². The molecular weight excluding hydrogens is 376 g/mol. The van der Waals surface area contributed by atoms with Crippen molar-refractivity contribution < 1.29 is 8.42 Å². The molecule has 0 radical (unpaired) electrons. The molecule has 0 fully saturated rings. The number of para-hydroxylation sites is 1. The smallest absolute Gasteiger partial charge is 0.266 e. The summed E-state index contributed by atoms with van der Waals surface area (Å²) in [6.45, 7) is 3.30. The maximum Gasteiger partial charge on any atom is 0.266 e. The summed E-state index contributed by atoms with van der Waals surface area (Å²) in [5.41, 5.74) is 3.30. The minimum absolute atomic E-state index is 0.137. The standard InChI is InChI=1S/C19H18N6O2S/c1-12-19(13(2)24-23-12)28(26,27)25-17-9-8-15(11-21-17)22-16-7-3-5-14-6-4-10-20-18(14)16/h3-11,22H,1-2H3,(H,21,25)(H,23,24). The second-order valence-corrected chi connectivity index (χ2v) is 7.93. The number of fused-ring (bicyclic) bond motifs is 1. The number of H-pyrrole nitrogens is 1. The minimum atomic E-state index is -3.77. The number of aryl methyl sites for hydroxylation is 2. The molecule has 0 aliphatic heterocycles. The van der Waals surface area contributed by atoms with E-state index < -0.39 is 10.0 Å². The first-order valence-electron chi connectivity index (χ1n) is 8.55. The van der Waals surface area contributed by atoms with Crippen LogP contribution in [0.4, 0.5) is 17.2 Å². The van der Waals surface area contributed by atoms with Gasteiger partial charge in [-0.2, -0.15) is 5.10 Å². The third-order valence-corrected chi connectivity index (χ3v) is 5.86. The molecule has 4 rings (SSSR count). The van der Waals surface area contributed by atoms with E-state index in [4.69, 9.17) is 0 Å². The number of aromatic nitrogens is 4. The largest absolute Gasteiger partial charge is 0.352 e. The van der Waals surface area contributed by atoms with E-state index in [-0.39, 0.29) is 10.7 Å². The fourth-order valence-electron chi connectivity index (χ4n) is 3.01. The van der Waals surface area contributed by atoms with Crippen molar-refractivity contribution in [1.29, 1.82) is 0 Å². The van der Waals surface area contributed by atoms with E-state index in [0.717, 1.165) is 22.3 Å². The molecule has 9 heteroatoms. The molecule has 1 aromatic carbocycles. The van der Waals surface area contributed by atoms with E-state index in [1.165, 1.54) is 0 Å². The van der Waals surface area contributed by atoms with Crippen LogP contribution in [0, 0.1) is 13.8 Å². The van der Waals surface area contributed by atoms with E-state index in [1.807, 2.05) is 30.3 Å². The van der Waals surface area contributed by atoms with Crippen LogP contribution in [0.2, 0.25) is 0 Å². The Labute approximate surface area is 162 Å². The molecule has 0 amide bonds. The van der Waals surface area contributed by atoms with Crippen LogP contribution < -0.4 is 10.0 Å². The molecule has 0 atom stereocenters. The van der Waals surface area contributed by atoms with E-state index in [2.05, 4.69) is 30.2 Å². The predicted octanol–water partition coefficient (Wildman–Crippen LogP) is 3.51. The fraction of sp³-hybridized carbons (Fsp3) is 0.105. The number of anilines is 3. The third kappa shape index (κ3) is 3.39. The summed E-state index contributed by atoms with van der Waals surface area (Å²) >= 11 is 0. The summed E-state index contributed by atoms with van der Waals surface area (Å²) in [6.07, 6.45) is 3.30. The van der Waals surface area contributed by atoms with E-state index >= 15 is 0 Å². The van der Waals surface area contributed by atoms with Gasteiger partial charge in [-0.05, 0) is 38.1 Å². The summed E-state index contributed by atoms with van der Waals surface area (Å²) < 4.78 is 27.7. The van der Waals surface area contributed by atoms with Crippen LogP contribution >= 0.6 is 0 Å². The lowest BCUT2D eigenvalue weighted by Crippen LogP contribution is -2.15. The molecule has 4 aromatic rings. The zero-order chi connectivity index (χ0) is 19.7. The Hall–Kier alpha value is -3.46.